The summed E-state index contributed by atoms with van der Waals surface area (Å²) in [5, 5.41) is 5.54. The van der Waals surface area contributed by atoms with Crippen LogP contribution in [-0.2, 0) is 17.8 Å². The molecule has 0 fully saturated rings. The Morgan fingerprint density at radius 3 is 2.94 bits per heavy atom. The van der Waals surface area contributed by atoms with Crippen LogP contribution in [0.4, 0.5) is 18.3 Å². The summed E-state index contributed by atoms with van der Waals surface area (Å²) in [7, 11) is 0. The number of fused-ring (bicyclic) bond motifs is 1. The fraction of sp³-hybridized carbons (Fsp3) is 0.556. The molecule has 0 spiro atoms. The van der Waals surface area contributed by atoms with Crippen LogP contribution in [0.15, 0.2) is 0 Å². The molecule has 94 valence electrons. The smallest absolute Gasteiger partial charge is 0.311 e. The summed E-state index contributed by atoms with van der Waals surface area (Å²) >= 11 is 1.22. The van der Waals surface area contributed by atoms with Gasteiger partial charge in [-0.25, -0.2) is 4.98 Å². The van der Waals surface area contributed by atoms with Crippen LogP contribution in [0.3, 0.4) is 0 Å². The molecule has 8 heteroatoms. The van der Waals surface area contributed by atoms with Gasteiger partial charge in [0, 0.05) is 24.4 Å². The predicted molar refractivity (Wildman–Crippen MR) is 56.8 cm³/mol. The highest BCUT2D eigenvalue weighted by molar-refractivity contribution is 7.15. The number of aromatic nitrogens is 1. The van der Waals surface area contributed by atoms with E-state index in [1.165, 1.54) is 11.3 Å². The van der Waals surface area contributed by atoms with Gasteiger partial charge in [0.15, 0.2) is 5.13 Å². The lowest BCUT2D eigenvalue weighted by molar-refractivity contribution is -0.150. The summed E-state index contributed by atoms with van der Waals surface area (Å²) in [5.41, 5.74) is 0.857. The van der Waals surface area contributed by atoms with E-state index in [-0.39, 0.29) is 5.13 Å². The number of nitrogens with zero attached hydrogens (tertiary/aromatic N) is 1. The molecular formula is C9H10F3N3OS. The highest BCUT2D eigenvalue weighted by Gasteiger charge is 2.31. The number of anilines is 1. The zero-order valence-electron chi connectivity index (χ0n) is 8.73. The minimum absolute atomic E-state index is 0.243. The maximum Gasteiger partial charge on any atom is 0.397 e. The maximum absolute atomic E-state index is 11.9. The van der Waals surface area contributed by atoms with E-state index < -0.39 is 18.5 Å². The second-order valence-electron chi connectivity index (χ2n) is 3.66. The first-order chi connectivity index (χ1) is 7.94. The van der Waals surface area contributed by atoms with Crippen LogP contribution < -0.4 is 10.6 Å². The number of hydrogen-bond acceptors (Lipinski definition) is 4. The number of carbonyl (C=O) groups excluding carboxylic acids is 1. The summed E-state index contributed by atoms with van der Waals surface area (Å²) in [6.07, 6.45) is -5.22. The summed E-state index contributed by atoms with van der Waals surface area (Å²) < 4.78 is 35.8. The van der Waals surface area contributed by atoms with Crippen molar-refractivity contribution >= 4 is 22.4 Å². The molecule has 0 saturated carbocycles. The van der Waals surface area contributed by atoms with Crippen molar-refractivity contribution in [3.05, 3.63) is 10.6 Å². The molecule has 2 heterocycles. The molecule has 1 aromatic heterocycles. The summed E-state index contributed by atoms with van der Waals surface area (Å²) in [5.74, 6) is -1.07. The fourth-order valence-corrected chi connectivity index (χ4v) is 2.52. The van der Waals surface area contributed by atoms with E-state index >= 15 is 0 Å². The SMILES string of the molecule is O=C(CC(F)(F)F)Nc1nc2c(s1)CNCC2. The van der Waals surface area contributed by atoms with E-state index in [9.17, 15) is 18.0 Å². The van der Waals surface area contributed by atoms with E-state index in [0.29, 0.717) is 6.54 Å². The minimum atomic E-state index is -4.48. The Hall–Kier alpha value is -1.15. The lowest BCUT2D eigenvalue weighted by Crippen LogP contribution is -2.22. The maximum atomic E-state index is 11.9. The van der Waals surface area contributed by atoms with E-state index in [2.05, 4.69) is 15.6 Å². The van der Waals surface area contributed by atoms with Gasteiger partial charge in [0.25, 0.3) is 0 Å². The van der Waals surface area contributed by atoms with E-state index in [4.69, 9.17) is 0 Å². The van der Waals surface area contributed by atoms with Crippen molar-refractivity contribution in [2.24, 2.45) is 0 Å². The van der Waals surface area contributed by atoms with Gasteiger partial charge in [-0.15, -0.1) is 11.3 Å². The number of carbonyl (C=O) groups is 1. The second-order valence-corrected chi connectivity index (χ2v) is 4.74. The van der Waals surface area contributed by atoms with Gasteiger partial charge in [0.1, 0.15) is 6.42 Å². The molecular weight excluding hydrogens is 255 g/mol. The monoisotopic (exact) mass is 265 g/mol. The highest BCUT2D eigenvalue weighted by atomic mass is 32.1. The van der Waals surface area contributed by atoms with Gasteiger partial charge in [-0.3, -0.25) is 4.79 Å². The lowest BCUT2D eigenvalue weighted by atomic mass is 10.2. The summed E-state index contributed by atoms with van der Waals surface area (Å²) in [4.78, 5) is 16.1. The van der Waals surface area contributed by atoms with Crippen molar-refractivity contribution < 1.29 is 18.0 Å². The average molecular weight is 265 g/mol. The van der Waals surface area contributed by atoms with E-state index in [1.54, 1.807) is 0 Å². The highest BCUT2D eigenvalue weighted by Crippen LogP contribution is 2.26. The number of nitrogens with one attached hydrogen (secondary N) is 2. The minimum Gasteiger partial charge on any atom is -0.311 e. The third kappa shape index (κ3) is 3.40. The van der Waals surface area contributed by atoms with E-state index in [1.807, 2.05) is 0 Å². The van der Waals surface area contributed by atoms with Gasteiger partial charge in [-0.2, -0.15) is 13.2 Å². The zero-order chi connectivity index (χ0) is 12.5. The Bertz CT molecular complexity index is 406. The largest absolute Gasteiger partial charge is 0.397 e. The van der Waals surface area contributed by atoms with Crippen molar-refractivity contribution in [1.82, 2.24) is 10.3 Å². The van der Waals surface area contributed by atoms with Crippen molar-refractivity contribution in [1.29, 1.82) is 0 Å². The Balaban J connectivity index is 1.99. The predicted octanol–water partition coefficient (Wildman–Crippen LogP) is 1.68. The summed E-state index contributed by atoms with van der Waals surface area (Å²) in [6, 6.07) is 0. The molecule has 0 radical (unpaired) electrons. The topological polar surface area (TPSA) is 54.0 Å². The van der Waals surface area contributed by atoms with Gasteiger partial charge < -0.3 is 10.6 Å². The molecule has 1 amide bonds. The van der Waals surface area contributed by atoms with Gasteiger partial charge in [0.05, 0.1) is 5.69 Å². The van der Waals surface area contributed by atoms with Crippen LogP contribution in [-0.4, -0.2) is 23.6 Å². The molecule has 0 aliphatic carbocycles. The number of amides is 1. The van der Waals surface area contributed by atoms with Gasteiger partial charge in [0.2, 0.25) is 5.91 Å². The average Bonchev–Trinajstić information content (AvgIpc) is 2.55. The Morgan fingerprint density at radius 2 is 2.29 bits per heavy atom. The first kappa shape index (κ1) is 12.3. The van der Waals surface area contributed by atoms with Crippen LogP contribution in [0.5, 0.6) is 0 Å². The van der Waals surface area contributed by atoms with Crippen molar-refractivity contribution in [2.75, 3.05) is 11.9 Å². The van der Waals surface area contributed by atoms with Crippen molar-refractivity contribution in [3.8, 4) is 0 Å². The third-order valence-electron chi connectivity index (χ3n) is 2.21. The standard InChI is InChI=1S/C9H10F3N3OS/c10-9(11,12)3-7(16)15-8-14-5-1-2-13-4-6(5)17-8/h13H,1-4H2,(H,14,15,16). The zero-order valence-corrected chi connectivity index (χ0v) is 9.54. The number of halogens is 3. The number of rotatable bonds is 2. The third-order valence-corrected chi connectivity index (χ3v) is 3.22. The number of alkyl halides is 3. The first-order valence-electron chi connectivity index (χ1n) is 5.00. The second kappa shape index (κ2) is 4.61. The van der Waals surface area contributed by atoms with E-state index in [0.717, 1.165) is 23.5 Å². The van der Waals surface area contributed by atoms with Crippen LogP contribution in [0.2, 0.25) is 0 Å². The molecule has 2 N–H and O–H groups in total. The molecule has 2 rings (SSSR count). The van der Waals surface area contributed by atoms with Crippen LogP contribution in [0.25, 0.3) is 0 Å². The first-order valence-corrected chi connectivity index (χ1v) is 5.81. The Labute approximate surface area is 99.2 Å². The van der Waals surface area contributed by atoms with Gasteiger partial charge in [-0.1, -0.05) is 0 Å². The normalized spacial score (nSPS) is 15.5. The van der Waals surface area contributed by atoms with Gasteiger partial charge >= 0.3 is 6.18 Å². The molecule has 1 aromatic rings. The molecule has 0 unspecified atom stereocenters. The summed E-state index contributed by atoms with van der Waals surface area (Å²) in [6.45, 7) is 1.45. The van der Waals surface area contributed by atoms with Crippen molar-refractivity contribution in [3.63, 3.8) is 0 Å². The Morgan fingerprint density at radius 1 is 1.53 bits per heavy atom. The number of hydrogen-bond donors (Lipinski definition) is 2. The van der Waals surface area contributed by atoms with Crippen LogP contribution >= 0.6 is 11.3 Å². The molecule has 17 heavy (non-hydrogen) atoms. The van der Waals surface area contributed by atoms with Gasteiger partial charge in [-0.05, 0) is 0 Å². The van der Waals surface area contributed by atoms with Crippen molar-refractivity contribution in [2.45, 2.75) is 25.6 Å². The molecule has 4 nitrogen and oxygen atoms in total. The molecule has 0 atom stereocenters. The molecule has 0 aromatic carbocycles. The molecule has 1 aliphatic heterocycles. The quantitative estimate of drug-likeness (QED) is 0.855. The number of thiazole rings is 1. The van der Waals surface area contributed by atoms with Crippen LogP contribution in [0.1, 0.15) is 17.0 Å². The Kier molecular flexibility index (Phi) is 3.34. The van der Waals surface area contributed by atoms with Crippen LogP contribution in [0, 0.1) is 0 Å². The fourth-order valence-electron chi connectivity index (χ4n) is 1.52. The molecule has 1 aliphatic rings. The molecule has 0 saturated heterocycles. The molecule has 0 bridgehead atoms. The lowest BCUT2D eigenvalue weighted by Gasteiger charge is -2.09.